The highest BCUT2D eigenvalue weighted by Gasteiger charge is 2.21. The van der Waals surface area contributed by atoms with Gasteiger partial charge in [0.1, 0.15) is 5.75 Å². The van der Waals surface area contributed by atoms with Gasteiger partial charge in [-0.3, -0.25) is 4.98 Å². The summed E-state index contributed by atoms with van der Waals surface area (Å²) in [5.74, 6) is 0.779. The lowest BCUT2D eigenvalue weighted by molar-refractivity contribution is 0.110. The van der Waals surface area contributed by atoms with Gasteiger partial charge in [0.15, 0.2) is 0 Å². The fraction of sp³-hybridized carbons (Fsp3) is 0.400. The molecule has 0 amide bonds. The Bertz CT molecular complexity index is 658. The Labute approximate surface area is 123 Å². The summed E-state index contributed by atoms with van der Waals surface area (Å²) in [5.41, 5.74) is 4.01. The van der Waals surface area contributed by atoms with Crippen LogP contribution in [0.3, 0.4) is 0 Å². The maximum absolute atomic E-state index is 6.32. The van der Waals surface area contributed by atoms with E-state index in [-0.39, 0.29) is 0 Å². The van der Waals surface area contributed by atoms with Crippen LogP contribution in [0.25, 0.3) is 10.9 Å². The van der Waals surface area contributed by atoms with Crippen molar-refractivity contribution >= 4 is 28.2 Å². The molecule has 106 valence electrons. The molecule has 1 aromatic carbocycles. The van der Waals surface area contributed by atoms with Gasteiger partial charge in [0.25, 0.3) is 0 Å². The van der Waals surface area contributed by atoms with Gasteiger partial charge in [-0.2, -0.15) is 0 Å². The van der Waals surface area contributed by atoms with Crippen LogP contribution in [0.2, 0.25) is 5.02 Å². The summed E-state index contributed by atoms with van der Waals surface area (Å²) in [6.45, 7) is 4.18. The minimum atomic E-state index is 0.580. The van der Waals surface area contributed by atoms with Crippen LogP contribution in [-0.4, -0.2) is 25.2 Å². The van der Waals surface area contributed by atoms with Crippen molar-refractivity contribution in [3.8, 4) is 5.75 Å². The van der Waals surface area contributed by atoms with E-state index in [1.807, 2.05) is 12.1 Å². The minimum absolute atomic E-state index is 0.580. The Morgan fingerprint density at radius 3 is 3.05 bits per heavy atom. The van der Waals surface area contributed by atoms with Crippen LogP contribution in [0.15, 0.2) is 12.1 Å². The maximum atomic E-state index is 6.32. The van der Waals surface area contributed by atoms with Crippen molar-refractivity contribution in [1.29, 1.82) is 0 Å². The molecule has 0 bridgehead atoms. The zero-order valence-corrected chi connectivity index (χ0v) is 12.4. The van der Waals surface area contributed by atoms with E-state index in [4.69, 9.17) is 26.1 Å². The van der Waals surface area contributed by atoms with E-state index in [1.54, 1.807) is 7.11 Å². The molecular weight excluding hydrogens is 276 g/mol. The Hall–Kier alpha value is -1.52. The second kappa shape index (κ2) is 5.46. The number of methoxy groups -OCH3 is 1. The van der Waals surface area contributed by atoms with E-state index < -0.39 is 0 Å². The van der Waals surface area contributed by atoms with Gasteiger partial charge in [0.2, 0.25) is 0 Å². The Morgan fingerprint density at radius 1 is 1.45 bits per heavy atom. The van der Waals surface area contributed by atoms with Crippen molar-refractivity contribution in [2.75, 3.05) is 25.6 Å². The van der Waals surface area contributed by atoms with Gasteiger partial charge < -0.3 is 14.8 Å². The van der Waals surface area contributed by atoms with Crippen LogP contribution in [0, 0.1) is 0 Å². The molecule has 1 aliphatic rings. The average molecular weight is 293 g/mol. The fourth-order valence-corrected chi connectivity index (χ4v) is 2.84. The number of nitrogens with zero attached hydrogens (tertiary/aromatic N) is 1. The molecule has 2 aromatic rings. The van der Waals surface area contributed by atoms with Crippen LogP contribution >= 0.6 is 11.6 Å². The number of benzene rings is 1. The second-order valence-electron chi connectivity index (χ2n) is 4.72. The van der Waals surface area contributed by atoms with E-state index in [9.17, 15) is 0 Å². The van der Waals surface area contributed by atoms with Crippen molar-refractivity contribution < 1.29 is 9.47 Å². The smallest absolute Gasteiger partial charge is 0.130 e. The summed E-state index contributed by atoms with van der Waals surface area (Å²) in [6, 6.07) is 3.71. The summed E-state index contributed by atoms with van der Waals surface area (Å²) in [5, 5.41) is 5.01. The quantitative estimate of drug-likeness (QED) is 0.941. The van der Waals surface area contributed by atoms with Gasteiger partial charge >= 0.3 is 0 Å². The lowest BCUT2D eigenvalue weighted by atomic mass is 10.0. The van der Waals surface area contributed by atoms with Crippen LogP contribution in [0.1, 0.15) is 18.2 Å². The van der Waals surface area contributed by atoms with Crippen molar-refractivity contribution in [3.63, 3.8) is 0 Å². The number of aromatic nitrogens is 1. The Morgan fingerprint density at radius 2 is 2.30 bits per heavy atom. The molecule has 1 N–H and O–H groups in total. The normalized spacial score (nSPS) is 14.2. The molecule has 0 saturated carbocycles. The van der Waals surface area contributed by atoms with E-state index in [1.165, 1.54) is 0 Å². The van der Waals surface area contributed by atoms with Crippen LogP contribution in [0.5, 0.6) is 5.75 Å². The molecule has 0 saturated heterocycles. The molecule has 0 atom stereocenters. The zero-order chi connectivity index (χ0) is 14.1. The standard InChI is InChI=1S/C15H17ClN2O2/c1-3-17-14-9-8-20-7-6-11(9)18-15-10(16)4-5-12(19-2)13(14)15/h4-5H,3,6-8H2,1-2H3,(H,17,18). The molecule has 5 heteroatoms. The number of ether oxygens (including phenoxy) is 2. The third kappa shape index (κ3) is 2.09. The third-order valence-corrected chi connectivity index (χ3v) is 3.85. The maximum Gasteiger partial charge on any atom is 0.130 e. The number of hydrogen-bond acceptors (Lipinski definition) is 4. The van der Waals surface area contributed by atoms with Gasteiger partial charge in [-0.15, -0.1) is 0 Å². The fourth-order valence-electron chi connectivity index (χ4n) is 2.64. The van der Waals surface area contributed by atoms with E-state index >= 15 is 0 Å². The van der Waals surface area contributed by atoms with Gasteiger partial charge in [-0.05, 0) is 19.1 Å². The second-order valence-corrected chi connectivity index (χ2v) is 5.13. The largest absolute Gasteiger partial charge is 0.496 e. The molecule has 1 aliphatic heterocycles. The van der Waals surface area contributed by atoms with Crippen molar-refractivity contribution in [3.05, 3.63) is 28.4 Å². The molecule has 0 aliphatic carbocycles. The van der Waals surface area contributed by atoms with Gasteiger partial charge in [-0.25, -0.2) is 0 Å². The summed E-state index contributed by atoms with van der Waals surface area (Å²) >= 11 is 6.32. The van der Waals surface area contributed by atoms with Crippen LogP contribution in [0.4, 0.5) is 5.69 Å². The van der Waals surface area contributed by atoms with Gasteiger partial charge in [-0.1, -0.05) is 11.6 Å². The number of hydrogen-bond donors (Lipinski definition) is 1. The highest BCUT2D eigenvalue weighted by Crippen LogP contribution is 2.39. The van der Waals surface area contributed by atoms with Crippen molar-refractivity contribution in [2.24, 2.45) is 0 Å². The Balaban J connectivity index is 2.38. The summed E-state index contributed by atoms with van der Waals surface area (Å²) in [4.78, 5) is 4.73. The molecule has 4 nitrogen and oxygen atoms in total. The van der Waals surface area contributed by atoms with Crippen molar-refractivity contribution in [1.82, 2.24) is 4.98 Å². The van der Waals surface area contributed by atoms with E-state index in [0.717, 1.165) is 46.6 Å². The summed E-state index contributed by atoms with van der Waals surface area (Å²) in [6.07, 6.45) is 0.817. The zero-order valence-electron chi connectivity index (χ0n) is 11.6. The average Bonchev–Trinajstić information content (AvgIpc) is 2.48. The SMILES string of the molecule is CCNc1c2c(nc3c(Cl)ccc(OC)c13)CCOC2. The lowest BCUT2D eigenvalue weighted by Gasteiger charge is -2.22. The lowest BCUT2D eigenvalue weighted by Crippen LogP contribution is -2.15. The highest BCUT2D eigenvalue weighted by molar-refractivity contribution is 6.35. The number of rotatable bonds is 3. The number of anilines is 1. The molecule has 20 heavy (non-hydrogen) atoms. The predicted molar refractivity (Wildman–Crippen MR) is 80.8 cm³/mol. The first-order valence-corrected chi connectivity index (χ1v) is 7.13. The van der Waals surface area contributed by atoms with E-state index in [2.05, 4.69) is 12.2 Å². The van der Waals surface area contributed by atoms with Crippen LogP contribution in [-0.2, 0) is 17.8 Å². The van der Waals surface area contributed by atoms with Gasteiger partial charge in [0, 0.05) is 18.5 Å². The molecule has 0 spiro atoms. The number of fused-ring (bicyclic) bond motifs is 2. The number of nitrogens with one attached hydrogen (secondary N) is 1. The molecular formula is C15H17ClN2O2. The van der Waals surface area contributed by atoms with E-state index in [0.29, 0.717) is 18.2 Å². The first-order chi connectivity index (χ1) is 9.76. The monoisotopic (exact) mass is 292 g/mol. The number of pyridine rings is 1. The van der Waals surface area contributed by atoms with Crippen molar-refractivity contribution in [2.45, 2.75) is 20.0 Å². The highest BCUT2D eigenvalue weighted by atomic mass is 35.5. The third-order valence-electron chi connectivity index (χ3n) is 3.54. The molecule has 0 fully saturated rings. The topological polar surface area (TPSA) is 43.4 Å². The number of halogens is 1. The van der Waals surface area contributed by atoms with Crippen LogP contribution < -0.4 is 10.1 Å². The summed E-state index contributed by atoms with van der Waals surface area (Å²) < 4.78 is 11.1. The minimum Gasteiger partial charge on any atom is -0.496 e. The first-order valence-electron chi connectivity index (χ1n) is 6.75. The molecule has 0 radical (unpaired) electrons. The molecule has 1 aromatic heterocycles. The van der Waals surface area contributed by atoms with Gasteiger partial charge in [0.05, 0.1) is 47.6 Å². The molecule has 2 heterocycles. The molecule has 3 rings (SSSR count). The Kier molecular flexibility index (Phi) is 3.68. The summed E-state index contributed by atoms with van der Waals surface area (Å²) in [7, 11) is 1.66. The predicted octanol–water partition coefficient (Wildman–Crippen LogP) is 3.40. The molecule has 0 unspecified atom stereocenters. The first kappa shape index (κ1) is 13.5.